The van der Waals surface area contributed by atoms with Crippen LogP contribution in [0.3, 0.4) is 0 Å². The number of hydrogen-bond donors (Lipinski definition) is 1. The highest BCUT2D eigenvalue weighted by Gasteiger charge is 2.18. The highest BCUT2D eigenvalue weighted by Crippen LogP contribution is 2.29. The Kier molecular flexibility index (Phi) is 7.57. The number of anilines is 1. The molecule has 0 fully saturated rings. The maximum absolute atomic E-state index is 12.8. The van der Waals surface area contributed by atoms with Crippen LogP contribution in [0.2, 0.25) is 0 Å². The van der Waals surface area contributed by atoms with E-state index in [0.29, 0.717) is 22.7 Å². The zero-order valence-electron chi connectivity index (χ0n) is 20.3. The molecule has 0 atom stereocenters. The van der Waals surface area contributed by atoms with Crippen molar-refractivity contribution in [2.45, 2.75) is 19.0 Å². The molecule has 0 spiro atoms. The molecule has 1 N–H and O–H groups in total. The van der Waals surface area contributed by atoms with Crippen molar-refractivity contribution in [3.63, 3.8) is 0 Å². The van der Waals surface area contributed by atoms with Crippen LogP contribution in [-0.2, 0) is 4.79 Å². The van der Waals surface area contributed by atoms with Gasteiger partial charge in [-0.2, -0.15) is 0 Å². The summed E-state index contributed by atoms with van der Waals surface area (Å²) in [6.07, 6.45) is 3.47. The smallest absolute Gasteiger partial charge is 0.236 e. The molecule has 0 unspecified atom stereocenters. The highest BCUT2D eigenvalue weighted by atomic mass is 32.2. The molecule has 1 amide bonds. The molecule has 10 heteroatoms. The average Bonchev–Trinajstić information content (AvgIpc) is 3.56. The predicted molar refractivity (Wildman–Crippen MR) is 147 cm³/mol. The van der Waals surface area contributed by atoms with Gasteiger partial charge in [-0.3, -0.25) is 14.3 Å². The van der Waals surface area contributed by atoms with Crippen LogP contribution in [0.4, 0.5) is 5.13 Å². The average molecular weight is 529 g/mol. The van der Waals surface area contributed by atoms with E-state index in [9.17, 15) is 4.79 Å². The molecule has 186 valence electrons. The summed E-state index contributed by atoms with van der Waals surface area (Å²) >= 11 is 2.71. The zero-order chi connectivity index (χ0) is 25.6. The second kappa shape index (κ2) is 11.4. The summed E-state index contributed by atoms with van der Waals surface area (Å²) in [5.41, 5.74) is 4.68. The number of carbonyl (C=O) groups excluding carboxylic acids is 1. The van der Waals surface area contributed by atoms with Crippen LogP contribution in [0.5, 0.6) is 5.75 Å². The molecule has 0 aliphatic heterocycles. The van der Waals surface area contributed by atoms with E-state index < -0.39 is 0 Å². The lowest BCUT2D eigenvalue weighted by Crippen LogP contribution is -2.14. The number of pyridine rings is 1. The van der Waals surface area contributed by atoms with E-state index in [1.165, 1.54) is 23.1 Å². The van der Waals surface area contributed by atoms with Crippen LogP contribution in [0, 0.1) is 6.92 Å². The van der Waals surface area contributed by atoms with Gasteiger partial charge in [0.25, 0.3) is 0 Å². The van der Waals surface area contributed by atoms with Crippen molar-refractivity contribution in [2.75, 3.05) is 17.7 Å². The number of thiazole rings is 1. The number of aryl methyl sites for hydroxylation is 1. The van der Waals surface area contributed by atoms with Crippen molar-refractivity contribution in [3.05, 3.63) is 84.0 Å². The molecular formula is C27H24N6O2S2. The molecule has 0 aliphatic carbocycles. The number of aromatic nitrogens is 5. The normalized spacial score (nSPS) is 10.9. The van der Waals surface area contributed by atoms with Gasteiger partial charge in [-0.1, -0.05) is 29.5 Å². The quantitative estimate of drug-likeness (QED) is 0.238. The molecule has 2 aromatic carbocycles. The molecule has 0 saturated carbocycles. The Labute approximate surface area is 222 Å². The van der Waals surface area contributed by atoms with Gasteiger partial charge in [0.05, 0.1) is 18.1 Å². The number of benzene rings is 2. The zero-order valence-corrected chi connectivity index (χ0v) is 21.9. The molecule has 8 nitrogen and oxygen atoms in total. The lowest BCUT2D eigenvalue weighted by atomic mass is 10.2. The number of amides is 1. The first kappa shape index (κ1) is 24.7. The minimum absolute atomic E-state index is 0.162. The third-order valence-corrected chi connectivity index (χ3v) is 7.08. The number of hydrogen-bond acceptors (Lipinski definition) is 8. The molecule has 0 aliphatic rings. The Bertz CT molecular complexity index is 1480. The molecule has 5 rings (SSSR count). The van der Waals surface area contributed by atoms with Crippen molar-refractivity contribution in [2.24, 2.45) is 0 Å². The standard InChI is InChI=1S/C27H24N6O2S2/c1-3-35-22-12-8-19(9-13-22)23-16-36-26(29-23)30-24(34)17-37-27-32-31-25(20-5-4-14-28-15-20)33(27)21-10-6-18(2)7-11-21/h4-16H,3,17H2,1-2H3,(H,29,30,34). The maximum atomic E-state index is 12.8. The summed E-state index contributed by atoms with van der Waals surface area (Å²) in [6, 6.07) is 19.6. The second-order valence-electron chi connectivity index (χ2n) is 8.05. The summed E-state index contributed by atoms with van der Waals surface area (Å²) in [5, 5.41) is 14.8. The highest BCUT2D eigenvalue weighted by molar-refractivity contribution is 7.99. The minimum atomic E-state index is -0.168. The van der Waals surface area contributed by atoms with E-state index in [1.807, 2.05) is 84.5 Å². The van der Waals surface area contributed by atoms with E-state index in [-0.39, 0.29) is 11.7 Å². The summed E-state index contributed by atoms with van der Waals surface area (Å²) in [7, 11) is 0. The Morgan fingerprint density at radius 1 is 1.05 bits per heavy atom. The van der Waals surface area contributed by atoms with E-state index in [4.69, 9.17) is 4.74 Å². The third kappa shape index (κ3) is 5.87. The van der Waals surface area contributed by atoms with Crippen molar-refractivity contribution < 1.29 is 9.53 Å². The minimum Gasteiger partial charge on any atom is -0.494 e. The molecule has 0 saturated heterocycles. The lowest BCUT2D eigenvalue weighted by Gasteiger charge is -2.10. The van der Waals surface area contributed by atoms with Gasteiger partial charge in [-0.15, -0.1) is 21.5 Å². The van der Waals surface area contributed by atoms with Gasteiger partial charge in [0, 0.05) is 34.6 Å². The Morgan fingerprint density at radius 3 is 2.59 bits per heavy atom. The van der Waals surface area contributed by atoms with Crippen molar-refractivity contribution in [1.82, 2.24) is 24.7 Å². The van der Waals surface area contributed by atoms with Gasteiger partial charge in [0.2, 0.25) is 5.91 Å². The van der Waals surface area contributed by atoms with Gasteiger partial charge in [-0.05, 0) is 62.4 Å². The molecule has 5 aromatic rings. The van der Waals surface area contributed by atoms with Crippen molar-refractivity contribution in [1.29, 1.82) is 0 Å². The summed E-state index contributed by atoms with van der Waals surface area (Å²) < 4.78 is 7.44. The molecule has 37 heavy (non-hydrogen) atoms. The van der Waals surface area contributed by atoms with E-state index in [1.54, 1.807) is 12.4 Å². The van der Waals surface area contributed by atoms with Crippen molar-refractivity contribution in [3.8, 4) is 34.1 Å². The number of thioether (sulfide) groups is 1. The fraction of sp³-hybridized carbons (Fsp3) is 0.148. The number of rotatable bonds is 9. The van der Waals surface area contributed by atoms with Crippen LogP contribution in [0.15, 0.2) is 83.6 Å². The van der Waals surface area contributed by atoms with Crippen LogP contribution in [-0.4, -0.2) is 43.0 Å². The fourth-order valence-corrected chi connectivity index (χ4v) is 5.10. The number of ether oxygens (including phenoxy) is 1. The fourth-order valence-electron chi connectivity index (χ4n) is 3.61. The summed E-state index contributed by atoms with van der Waals surface area (Å²) in [5.74, 6) is 1.48. The summed E-state index contributed by atoms with van der Waals surface area (Å²) in [6.45, 7) is 4.61. The van der Waals surface area contributed by atoms with Crippen molar-refractivity contribution >= 4 is 34.1 Å². The van der Waals surface area contributed by atoms with Crippen LogP contribution < -0.4 is 10.1 Å². The predicted octanol–water partition coefficient (Wildman–Crippen LogP) is 5.89. The Balaban J connectivity index is 1.29. The molecule has 3 aromatic heterocycles. The van der Waals surface area contributed by atoms with Crippen LogP contribution >= 0.6 is 23.1 Å². The first-order valence-electron chi connectivity index (χ1n) is 11.6. The first-order chi connectivity index (χ1) is 18.1. The second-order valence-corrected chi connectivity index (χ2v) is 9.85. The number of nitrogens with one attached hydrogen (secondary N) is 1. The molecule has 3 heterocycles. The van der Waals surface area contributed by atoms with E-state index >= 15 is 0 Å². The van der Waals surface area contributed by atoms with E-state index in [0.717, 1.165) is 33.8 Å². The largest absolute Gasteiger partial charge is 0.494 e. The van der Waals surface area contributed by atoms with Gasteiger partial charge in [0.1, 0.15) is 5.75 Å². The van der Waals surface area contributed by atoms with E-state index in [2.05, 4.69) is 25.5 Å². The van der Waals surface area contributed by atoms with Crippen LogP contribution in [0.25, 0.3) is 28.3 Å². The first-order valence-corrected chi connectivity index (χ1v) is 13.5. The monoisotopic (exact) mass is 528 g/mol. The number of carbonyl (C=O) groups is 1. The van der Waals surface area contributed by atoms with Crippen LogP contribution in [0.1, 0.15) is 12.5 Å². The molecular weight excluding hydrogens is 504 g/mol. The topological polar surface area (TPSA) is 94.8 Å². The number of nitrogens with zero attached hydrogens (tertiary/aromatic N) is 5. The third-order valence-electron chi connectivity index (χ3n) is 5.39. The molecule has 0 radical (unpaired) electrons. The lowest BCUT2D eigenvalue weighted by molar-refractivity contribution is -0.113. The summed E-state index contributed by atoms with van der Waals surface area (Å²) in [4.78, 5) is 21.5. The van der Waals surface area contributed by atoms with Gasteiger partial charge in [-0.25, -0.2) is 4.98 Å². The Morgan fingerprint density at radius 2 is 1.86 bits per heavy atom. The van der Waals surface area contributed by atoms with Gasteiger partial charge >= 0.3 is 0 Å². The maximum Gasteiger partial charge on any atom is 0.236 e. The SMILES string of the molecule is CCOc1ccc(-c2csc(NC(=O)CSc3nnc(-c4cccnc4)n3-c3ccc(C)cc3)n2)cc1. The Hall–Kier alpha value is -4.02. The van der Waals surface area contributed by atoms with Gasteiger partial charge in [0.15, 0.2) is 16.1 Å². The molecule has 0 bridgehead atoms. The van der Waals surface area contributed by atoms with Gasteiger partial charge < -0.3 is 10.1 Å².